The molecule has 1 rings (SSSR count). The predicted molar refractivity (Wildman–Crippen MR) is 67.4 cm³/mol. The van der Waals surface area contributed by atoms with Crippen LogP contribution in [0, 0.1) is 11.8 Å². The van der Waals surface area contributed by atoms with Crippen molar-refractivity contribution < 1.29 is 19.4 Å². The molecule has 0 aromatic rings. The van der Waals surface area contributed by atoms with Crippen LogP contribution in [-0.2, 0) is 9.53 Å². The lowest BCUT2D eigenvalue weighted by molar-refractivity contribution is -0.138. The van der Waals surface area contributed by atoms with Gasteiger partial charge in [-0.05, 0) is 44.4 Å². The molecule has 0 unspecified atom stereocenters. The number of ether oxygens (including phenoxy) is 1. The standard InChI is InChI=1S/C13H23NO4/c1-3-18-13(17)14(2)9-11-6-4-10(5-7-11)8-12(15)16/h10-11H,3-9H2,1-2H3,(H,15,16). The Kier molecular flexibility index (Phi) is 5.95. The summed E-state index contributed by atoms with van der Waals surface area (Å²) >= 11 is 0. The number of hydrogen-bond donors (Lipinski definition) is 1. The molecule has 0 spiro atoms. The molecule has 0 aliphatic heterocycles. The van der Waals surface area contributed by atoms with Gasteiger partial charge in [0.15, 0.2) is 0 Å². The maximum absolute atomic E-state index is 11.5. The van der Waals surface area contributed by atoms with E-state index in [2.05, 4.69) is 0 Å². The molecule has 1 fully saturated rings. The van der Waals surface area contributed by atoms with Gasteiger partial charge in [0, 0.05) is 20.0 Å². The first kappa shape index (κ1) is 14.8. The average Bonchev–Trinajstić information content (AvgIpc) is 2.31. The molecular weight excluding hydrogens is 234 g/mol. The normalized spacial score (nSPS) is 23.4. The fourth-order valence-electron chi connectivity index (χ4n) is 2.56. The Hall–Kier alpha value is -1.26. The van der Waals surface area contributed by atoms with E-state index in [1.54, 1.807) is 18.9 Å². The first-order valence-electron chi connectivity index (χ1n) is 6.62. The summed E-state index contributed by atoms with van der Waals surface area (Å²) in [6.07, 6.45) is 3.91. The third-order valence-electron chi connectivity index (χ3n) is 3.54. The van der Waals surface area contributed by atoms with E-state index in [1.165, 1.54) is 0 Å². The van der Waals surface area contributed by atoms with Gasteiger partial charge < -0.3 is 14.7 Å². The van der Waals surface area contributed by atoms with Crippen molar-refractivity contribution in [3.8, 4) is 0 Å². The highest BCUT2D eigenvalue weighted by Gasteiger charge is 2.24. The molecule has 0 aromatic heterocycles. The number of nitrogens with zero attached hydrogens (tertiary/aromatic N) is 1. The molecule has 0 aromatic carbocycles. The Morgan fingerprint density at radius 3 is 2.28 bits per heavy atom. The third kappa shape index (κ3) is 4.94. The number of hydrogen-bond acceptors (Lipinski definition) is 3. The summed E-state index contributed by atoms with van der Waals surface area (Å²) in [6, 6.07) is 0. The second-order valence-corrected chi connectivity index (χ2v) is 5.06. The molecule has 5 nitrogen and oxygen atoms in total. The van der Waals surface area contributed by atoms with E-state index in [0.717, 1.165) is 25.7 Å². The fraction of sp³-hybridized carbons (Fsp3) is 0.846. The minimum atomic E-state index is -0.706. The number of aliphatic carboxylic acids is 1. The van der Waals surface area contributed by atoms with Crippen LogP contribution in [0.2, 0.25) is 0 Å². The van der Waals surface area contributed by atoms with Crippen molar-refractivity contribution in [1.82, 2.24) is 4.90 Å². The van der Waals surface area contributed by atoms with Crippen LogP contribution in [0.3, 0.4) is 0 Å². The van der Waals surface area contributed by atoms with E-state index in [0.29, 0.717) is 25.0 Å². The maximum atomic E-state index is 11.5. The van der Waals surface area contributed by atoms with Crippen molar-refractivity contribution in [2.75, 3.05) is 20.2 Å². The van der Waals surface area contributed by atoms with E-state index < -0.39 is 5.97 Å². The van der Waals surface area contributed by atoms with Crippen LogP contribution in [0.25, 0.3) is 0 Å². The molecule has 0 heterocycles. The van der Waals surface area contributed by atoms with Gasteiger partial charge in [-0.1, -0.05) is 0 Å². The van der Waals surface area contributed by atoms with Crippen LogP contribution >= 0.6 is 0 Å². The second-order valence-electron chi connectivity index (χ2n) is 5.06. The van der Waals surface area contributed by atoms with Gasteiger partial charge >= 0.3 is 12.1 Å². The minimum absolute atomic E-state index is 0.273. The number of carboxylic acid groups (broad SMARTS) is 1. The van der Waals surface area contributed by atoms with Crippen molar-refractivity contribution in [2.45, 2.75) is 39.0 Å². The maximum Gasteiger partial charge on any atom is 0.409 e. The van der Waals surface area contributed by atoms with Crippen LogP contribution in [0.15, 0.2) is 0 Å². The lowest BCUT2D eigenvalue weighted by Gasteiger charge is -2.30. The van der Waals surface area contributed by atoms with Crippen LogP contribution in [0.4, 0.5) is 4.79 Å². The number of carboxylic acids is 1. The molecule has 0 atom stereocenters. The van der Waals surface area contributed by atoms with Gasteiger partial charge in [-0.25, -0.2) is 4.79 Å². The SMILES string of the molecule is CCOC(=O)N(C)CC1CCC(CC(=O)O)CC1. The summed E-state index contributed by atoms with van der Waals surface area (Å²) in [5.41, 5.74) is 0. The Balaban J connectivity index is 2.26. The monoisotopic (exact) mass is 257 g/mol. The molecule has 0 radical (unpaired) electrons. The summed E-state index contributed by atoms with van der Waals surface area (Å²) in [4.78, 5) is 23.7. The number of carbonyl (C=O) groups is 2. The van der Waals surface area contributed by atoms with E-state index in [9.17, 15) is 9.59 Å². The summed E-state index contributed by atoms with van der Waals surface area (Å²) in [7, 11) is 1.75. The topological polar surface area (TPSA) is 66.8 Å². The Labute approximate surface area is 108 Å². The predicted octanol–water partition coefficient (Wildman–Crippen LogP) is 2.36. The molecule has 1 N–H and O–H groups in total. The molecule has 1 saturated carbocycles. The first-order valence-corrected chi connectivity index (χ1v) is 6.62. The van der Waals surface area contributed by atoms with Crippen LogP contribution < -0.4 is 0 Å². The highest BCUT2D eigenvalue weighted by atomic mass is 16.5. The Bertz CT molecular complexity index is 285. The molecule has 0 bridgehead atoms. The lowest BCUT2D eigenvalue weighted by Crippen LogP contribution is -2.34. The fourth-order valence-corrected chi connectivity index (χ4v) is 2.56. The van der Waals surface area contributed by atoms with Gasteiger partial charge in [-0.3, -0.25) is 4.79 Å². The molecule has 1 aliphatic carbocycles. The molecular formula is C13H23NO4. The minimum Gasteiger partial charge on any atom is -0.481 e. The highest BCUT2D eigenvalue weighted by molar-refractivity contribution is 5.67. The van der Waals surface area contributed by atoms with Crippen molar-refractivity contribution >= 4 is 12.1 Å². The van der Waals surface area contributed by atoms with Crippen molar-refractivity contribution in [3.63, 3.8) is 0 Å². The van der Waals surface area contributed by atoms with E-state index in [1.807, 2.05) is 0 Å². The zero-order chi connectivity index (χ0) is 13.5. The summed E-state index contributed by atoms with van der Waals surface area (Å²) in [6.45, 7) is 2.90. The number of amides is 1. The largest absolute Gasteiger partial charge is 0.481 e. The molecule has 18 heavy (non-hydrogen) atoms. The van der Waals surface area contributed by atoms with Crippen molar-refractivity contribution in [3.05, 3.63) is 0 Å². The van der Waals surface area contributed by atoms with Gasteiger partial charge in [-0.15, -0.1) is 0 Å². The van der Waals surface area contributed by atoms with E-state index in [-0.39, 0.29) is 12.5 Å². The molecule has 0 saturated heterocycles. The van der Waals surface area contributed by atoms with Crippen LogP contribution in [0.1, 0.15) is 39.0 Å². The second kappa shape index (κ2) is 7.24. The summed E-state index contributed by atoms with van der Waals surface area (Å²) in [5.74, 6) is 0.0817. The lowest BCUT2D eigenvalue weighted by atomic mass is 9.80. The molecule has 5 heteroatoms. The van der Waals surface area contributed by atoms with Gasteiger partial charge in [0.2, 0.25) is 0 Å². The zero-order valence-corrected chi connectivity index (χ0v) is 11.2. The van der Waals surface area contributed by atoms with E-state index >= 15 is 0 Å². The highest BCUT2D eigenvalue weighted by Crippen LogP contribution is 2.31. The Morgan fingerprint density at radius 2 is 1.78 bits per heavy atom. The molecule has 1 amide bonds. The smallest absolute Gasteiger partial charge is 0.409 e. The van der Waals surface area contributed by atoms with Gasteiger partial charge in [0.1, 0.15) is 0 Å². The number of carbonyl (C=O) groups excluding carboxylic acids is 1. The number of rotatable bonds is 5. The zero-order valence-electron chi connectivity index (χ0n) is 11.2. The average molecular weight is 257 g/mol. The molecule has 1 aliphatic rings. The quantitative estimate of drug-likeness (QED) is 0.821. The van der Waals surface area contributed by atoms with Crippen molar-refractivity contribution in [1.29, 1.82) is 0 Å². The van der Waals surface area contributed by atoms with Crippen molar-refractivity contribution in [2.24, 2.45) is 11.8 Å². The van der Waals surface area contributed by atoms with Crippen LogP contribution in [0.5, 0.6) is 0 Å². The van der Waals surface area contributed by atoms with Gasteiger partial charge in [0.25, 0.3) is 0 Å². The van der Waals surface area contributed by atoms with Gasteiger partial charge in [0.05, 0.1) is 6.61 Å². The summed E-state index contributed by atoms with van der Waals surface area (Å²) < 4.78 is 4.93. The summed E-state index contributed by atoms with van der Waals surface area (Å²) in [5, 5.41) is 8.74. The Morgan fingerprint density at radius 1 is 1.22 bits per heavy atom. The first-order chi connectivity index (χ1) is 8.52. The van der Waals surface area contributed by atoms with E-state index in [4.69, 9.17) is 9.84 Å². The van der Waals surface area contributed by atoms with Gasteiger partial charge in [-0.2, -0.15) is 0 Å². The van der Waals surface area contributed by atoms with Crippen LogP contribution in [-0.4, -0.2) is 42.3 Å². The molecule has 104 valence electrons. The third-order valence-corrected chi connectivity index (χ3v) is 3.54.